The molecule has 0 radical (unpaired) electrons. The Balaban J connectivity index is 2.95. The maximum atomic E-state index is 5.43. The van der Waals surface area contributed by atoms with Crippen molar-refractivity contribution in [1.29, 1.82) is 0 Å². The zero-order chi connectivity index (χ0) is 19.7. The molecule has 0 aliphatic heterocycles. The SMILES string of the molecule is COCCNCCOCCOCCOCCOCCOCCNCCOC. The predicted octanol–water partition coefficient (Wildman–Crippen LogP) is -0.459. The van der Waals surface area contributed by atoms with Gasteiger partial charge < -0.3 is 43.8 Å². The first-order valence-electron chi connectivity index (χ1n) is 9.69. The van der Waals surface area contributed by atoms with Gasteiger partial charge in [-0.2, -0.15) is 0 Å². The Labute approximate surface area is 164 Å². The first-order chi connectivity index (χ1) is 13.4. The Bertz CT molecular complexity index is 240. The van der Waals surface area contributed by atoms with Crippen LogP contribution in [-0.2, 0) is 33.2 Å². The molecule has 0 aliphatic carbocycles. The molecular weight excluding hydrogens is 356 g/mol. The summed E-state index contributed by atoms with van der Waals surface area (Å²) < 4.78 is 37.0. The first kappa shape index (κ1) is 26.6. The standard InChI is InChI=1S/C18H40N2O7/c1-21-7-3-19-5-9-23-11-13-25-15-17-27-18-16-26-14-12-24-10-6-20-4-8-22-2/h19-20H,3-18H2,1-2H3. The van der Waals surface area contributed by atoms with Crippen molar-refractivity contribution in [3.8, 4) is 0 Å². The van der Waals surface area contributed by atoms with Gasteiger partial charge in [-0.15, -0.1) is 0 Å². The molecule has 9 heteroatoms. The van der Waals surface area contributed by atoms with Gasteiger partial charge in [0, 0.05) is 40.4 Å². The van der Waals surface area contributed by atoms with Gasteiger partial charge in [0.15, 0.2) is 0 Å². The molecule has 0 aromatic heterocycles. The molecule has 0 heterocycles. The molecule has 0 aromatic carbocycles. The van der Waals surface area contributed by atoms with Crippen molar-refractivity contribution in [2.24, 2.45) is 0 Å². The lowest BCUT2D eigenvalue weighted by molar-refractivity contribution is -0.0106. The van der Waals surface area contributed by atoms with E-state index in [1.165, 1.54) is 0 Å². The zero-order valence-corrected chi connectivity index (χ0v) is 17.2. The minimum atomic E-state index is 0.561. The summed E-state index contributed by atoms with van der Waals surface area (Å²) in [6.07, 6.45) is 0. The number of ether oxygens (including phenoxy) is 7. The molecule has 27 heavy (non-hydrogen) atoms. The zero-order valence-electron chi connectivity index (χ0n) is 17.2. The van der Waals surface area contributed by atoms with Crippen LogP contribution in [0.4, 0.5) is 0 Å². The van der Waals surface area contributed by atoms with E-state index in [-0.39, 0.29) is 0 Å². The second-order valence-electron chi connectivity index (χ2n) is 5.55. The minimum Gasteiger partial charge on any atom is -0.383 e. The summed E-state index contributed by atoms with van der Waals surface area (Å²) in [5, 5.41) is 6.42. The van der Waals surface area contributed by atoms with Gasteiger partial charge in [0.25, 0.3) is 0 Å². The highest BCUT2D eigenvalue weighted by Gasteiger charge is 1.94. The van der Waals surface area contributed by atoms with E-state index >= 15 is 0 Å². The second kappa shape index (κ2) is 25.6. The fourth-order valence-corrected chi connectivity index (χ4v) is 1.87. The minimum absolute atomic E-state index is 0.561. The monoisotopic (exact) mass is 396 g/mol. The quantitative estimate of drug-likeness (QED) is 0.210. The van der Waals surface area contributed by atoms with Crippen molar-refractivity contribution in [2.75, 3.05) is 120 Å². The lowest BCUT2D eigenvalue weighted by atomic mass is 10.6. The summed E-state index contributed by atoms with van der Waals surface area (Å²) >= 11 is 0. The van der Waals surface area contributed by atoms with Gasteiger partial charge in [-0.25, -0.2) is 0 Å². The summed E-state index contributed by atoms with van der Waals surface area (Å²) in [5.41, 5.74) is 0. The van der Waals surface area contributed by atoms with Gasteiger partial charge in [-0.1, -0.05) is 0 Å². The molecule has 0 rings (SSSR count). The Morgan fingerprint density at radius 3 is 0.926 bits per heavy atom. The molecule has 0 amide bonds. The smallest absolute Gasteiger partial charge is 0.0701 e. The molecule has 9 nitrogen and oxygen atoms in total. The van der Waals surface area contributed by atoms with Crippen LogP contribution in [0, 0.1) is 0 Å². The van der Waals surface area contributed by atoms with E-state index in [1.54, 1.807) is 14.2 Å². The molecule has 164 valence electrons. The van der Waals surface area contributed by atoms with Crippen LogP contribution < -0.4 is 10.6 Å². The van der Waals surface area contributed by atoms with Crippen molar-refractivity contribution in [1.82, 2.24) is 10.6 Å². The van der Waals surface area contributed by atoms with Crippen LogP contribution in [-0.4, -0.2) is 120 Å². The van der Waals surface area contributed by atoms with E-state index in [4.69, 9.17) is 33.2 Å². The molecule has 0 aliphatic rings. The van der Waals surface area contributed by atoms with Gasteiger partial charge >= 0.3 is 0 Å². The fourth-order valence-electron chi connectivity index (χ4n) is 1.87. The molecule has 0 spiro atoms. The number of hydrogen-bond acceptors (Lipinski definition) is 9. The van der Waals surface area contributed by atoms with E-state index in [2.05, 4.69) is 10.6 Å². The third-order valence-electron chi connectivity index (χ3n) is 3.30. The van der Waals surface area contributed by atoms with Gasteiger partial charge in [0.1, 0.15) is 0 Å². The van der Waals surface area contributed by atoms with Crippen molar-refractivity contribution in [3.63, 3.8) is 0 Å². The number of methoxy groups -OCH3 is 2. The summed E-state index contributed by atoms with van der Waals surface area (Å²) in [6, 6.07) is 0. The van der Waals surface area contributed by atoms with Gasteiger partial charge in [0.2, 0.25) is 0 Å². The normalized spacial score (nSPS) is 11.3. The van der Waals surface area contributed by atoms with Crippen LogP contribution in [0.25, 0.3) is 0 Å². The second-order valence-corrected chi connectivity index (χ2v) is 5.55. The highest BCUT2D eigenvalue weighted by atomic mass is 16.6. The summed E-state index contributed by atoms with van der Waals surface area (Å²) in [5.74, 6) is 0. The van der Waals surface area contributed by atoms with Gasteiger partial charge in [0.05, 0.1) is 79.3 Å². The molecule has 0 unspecified atom stereocenters. The molecule has 0 saturated heterocycles. The van der Waals surface area contributed by atoms with Crippen LogP contribution in [0.2, 0.25) is 0 Å². The molecule has 0 atom stereocenters. The van der Waals surface area contributed by atoms with Crippen molar-refractivity contribution < 1.29 is 33.2 Å². The number of hydrogen-bond donors (Lipinski definition) is 2. The highest BCUT2D eigenvalue weighted by molar-refractivity contribution is 4.45. The maximum Gasteiger partial charge on any atom is 0.0701 e. The van der Waals surface area contributed by atoms with Crippen molar-refractivity contribution >= 4 is 0 Å². The largest absolute Gasteiger partial charge is 0.383 e. The predicted molar refractivity (Wildman–Crippen MR) is 104 cm³/mol. The average Bonchev–Trinajstić information content (AvgIpc) is 2.68. The van der Waals surface area contributed by atoms with E-state index in [1.807, 2.05) is 0 Å². The Kier molecular flexibility index (Phi) is 25.3. The van der Waals surface area contributed by atoms with Crippen LogP contribution >= 0.6 is 0 Å². The summed E-state index contributed by atoms with van der Waals surface area (Å²) in [7, 11) is 3.38. The van der Waals surface area contributed by atoms with Crippen LogP contribution in [0.15, 0.2) is 0 Å². The first-order valence-corrected chi connectivity index (χ1v) is 9.69. The van der Waals surface area contributed by atoms with Crippen LogP contribution in [0.1, 0.15) is 0 Å². The summed E-state index contributed by atoms with van der Waals surface area (Å²) in [4.78, 5) is 0. The number of rotatable bonds is 24. The highest BCUT2D eigenvalue weighted by Crippen LogP contribution is 1.84. The average molecular weight is 397 g/mol. The van der Waals surface area contributed by atoms with Gasteiger partial charge in [-0.3, -0.25) is 0 Å². The number of nitrogens with one attached hydrogen (secondary N) is 2. The van der Waals surface area contributed by atoms with Crippen molar-refractivity contribution in [2.45, 2.75) is 0 Å². The molecule has 0 bridgehead atoms. The third kappa shape index (κ3) is 25.6. The van der Waals surface area contributed by atoms with E-state index < -0.39 is 0 Å². The Morgan fingerprint density at radius 2 is 0.630 bits per heavy atom. The van der Waals surface area contributed by atoms with Gasteiger partial charge in [-0.05, 0) is 0 Å². The molecular formula is C18H40N2O7. The third-order valence-corrected chi connectivity index (χ3v) is 3.30. The summed E-state index contributed by atoms with van der Waals surface area (Å²) in [6.45, 7) is 10.7. The lowest BCUT2D eigenvalue weighted by Gasteiger charge is -2.08. The van der Waals surface area contributed by atoms with E-state index in [9.17, 15) is 0 Å². The Hall–Kier alpha value is -0.360. The van der Waals surface area contributed by atoms with E-state index in [0.717, 1.165) is 39.4 Å². The molecule has 0 fully saturated rings. The fraction of sp³-hybridized carbons (Fsp3) is 1.00. The van der Waals surface area contributed by atoms with Crippen LogP contribution in [0.3, 0.4) is 0 Å². The lowest BCUT2D eigenvalue weighted by Crippen LogP contribution is -2.24. The molecule has 0 saturated carbocycles. The topological polar surface area (TPSA) is 88.7 Å². The van der Waals surface area contributed by atoms with Crippen LogP contribution in [0.5, 0.6) is 0 Å². The molecule has 2 N–H and O–H groups in total. The van der Waals surface area contributed by atoms with E-state index in [0.29, 0.717) is 66.1 Å². The molecule has 0 aromatic rings. The maximum absolute atomic E-state index is 5.43. The van der Waals surface area contributed by atoms with Crippen molar-refractivity contribution in [3.05, 3.63) is 0 Å². The Morgan fingerprint density at radius 1 is 0.370 bits per heavy atom.